The highest BCUT2D eigenvalue weighted by Crippen LogP contribution is 2.41. The van der Waals surface area contributed by atoms with Gasteiger partial charge in [-0.3, -0.25) is 0 Å². The fourth-order valence-electron chi connectivity index (χ4n) is 2.48. The number of hydrogen-bond acceptors (Lipinski definition) is 1. The molecule has 0 bridgehead atoms. The molecule has 1 nitrogen and oxygen atoms in total. The highest BCUT2D eigenvalue weighted by atomic mass is 16.6. The van der Waals surface area contributed by atoms with Crippen molar-refractivity contribution in [1.29, 1.82) is 0 Å². The van der Waals surface area contributed by atoms with Crippen molar-refractivity contribution >= 4 is 0 Å². The molecule has 0 aromatic heterocycles. The van der Waals surface area contributed by atoms with Gasteiger partial charge < -0.3 is 4.74 Å². The molecular formula is C14H22O. The van der Waals surface area contributed by atoms with Crippen LogP contribution in [0.15, 0.2) is 23.3 Å². The number of rotatable bonds is 2. The van der Waals surface area contributed by atoms with Crippen LogP contribution in [0.3, 0.4) is 0 Å². The Kier molecular flexibility index (Phi) is 2.54. The first-order valence-corrected chi connectivity index (χ1v) is 5.96. The smallest absolute Gasteiger partial charge is 0.107 e. The molecule has 0 N–H and O–H groups in total. The molecule has 1 aliphatic heterocycles. The first-order valence-electron chi connectivity index (χ1n) is 5.96. The highest BCUT2D eigenvalue weighted by Gasteiger charge is 2.36. The molecule has 0 aromatic carbocycles. The van der Waals surface area contributed by atoms with Crippen molar-refractivity contribution in [2.24, 2.45) is 5.41 Å². The lowest BCUT2D eigenvalue weighted by Crippen LogP contribution is -2.19. The molecule has 0 spiro atoms. The van der Waals surface area contributed by atoms with E-state index in [2.05, 4.69) is 39.8 Å². The largest absolute Gasteiger partial charge is 0.365 e. The quantitative estimate of drug-likeness (QED) is 0.625. The molecule has 0 radical (unpaired) electrons. The van der Waals surface area contributed by atoms with Gasteiger partial charge in [-0.1, -0.05) is 31.6 Å². The van der Waals surface area contributed by atoms with Crippen molar-refractivity contribution in [2.75, 3.05) is 6.61 Å². The molecule has 0 amide bonds. The molecule has 1 heterocycles. The van der Waals surface area contributed by atoms with Crippen LogP contribution < -0.4 is 0 Å². The van der Waals surface area contributed by atoms with Crippen LogP contribution in [0.5, 0.6) is 0 Å². The average Bonchev–Trinajstić information content (AvgIpc) is 2.82. The zero-order valence-corrected chi connectivity index (χ0v) is 10.4. The summed E-state index contributed by atoms with van der Waals surface area (Å²) in [5.74, 6) is 0. The van der Waals surface area contributed by atoms with Gasteiger partial charge in [0.05, 0.1) is 6.61 Å². The van der Waals surface area contributed by atoms with E-state index in [9.17, 15) is 0 Å². The van der Waals surface area contributed by atoms with Crippen LogP contribution in [0.25, 0.3) is 0 Å². The Morgan fingerprint density at radius 3 is 2.47 bits per heavy atom. The van der Waals surface area contributed by atoms with Crippen LogP contribution in [0.4, 0.5) is 0 Å². The average molecular weight is 206 g/mol. The minimum absolute atomic E-state index is 0.0425. The molecule has 0 saturated carbocycles. The van der Waals surface area contributed by atoms with E-state index in [4.69, 9.17) is 4.74 Å². The number of epoxide rings is 1. The fraction of sp³-hybridized carbons (Fsp3) is 0.714. The number of allylic oxidation sites excluding steroid dienone is 3. The van der Waals surface area contributed by atoms with Gasteiger partial charge in [0.2, 0.25) is 0 Å². The Hall–Kier alpha value is -0.560. The molecule has 1 fully saturated rings. The lowest BCUT2D eigenvalue weighted by molar-refractivity contribution is 0.364. The van der Waals surface area contributed by atoms with Gasteiger partial charge in [0, 0.05) is 0 Å². The third kappa shape index (κ3) is 2.34. The monoisotopic (exact) mass is 206 g/mol. The summed E-state index contributed by atoms with van der Waals surface area (Å²) in [6.45, 7) is 10.0. The Morgan fingerprint density at radius 1 is 1.27 bits per heavy atom. The first-order chi connectivity index (χ1) is 6.93. The van der Waals surface area contributed by atoms with Crippen molar-refractivity contribution in [2.45, 2.75) is 52.6 Å². The summed E-state index contributed by atoms with van der Waals surface area (Å²) >= 11 is 0. The molecule has 2 rings (SSSR count). The molecule has 0 aromatic rings. The zero-order chi connectivity index (χ0) is 11.1. The van der Waals surface area contributed by atoms with Crippen molar-refractivity contribution < 1.29 is 4.74 Å². The van der Waals surface area contributed by atoms with Gasteiger partial charge in [0.25, 0.3) is 0 Å². The second-order valence-corrected chi connectivity index (χ2v) is 5.87. The standard InChI is InChI=1S/C14H22O/c1-11-6-5-8-13(2,3)12(11)7-9-14(4)10-15-14/h7,9H,5-6,8,10H2,1-4H3/b9-7+. The molecule has 1 atom stereocenters. The molecule has 84 valence electrons. The molecule has 1 unspecified atom stereocenters. The molecule has 2 aliphatic rings. The highest BCUT2D eigenvalue weighted by molar-refractivity contribution is 5.34. The van der Waals surface area contributed by atoms with Crippen LogP contribution in [0, 0.1) is 5.41 Å². The summed E-state index contributed by atoms with van der Waals surface area (Å²) in [6.07, 6.45) is 8.45. The predicted octanol–water partition coefficient (Wildman–Crippen LogP) is 3.86. The van der Waals surface area contributed by atoms with Crippen molar-refractivity contribution in [1.82, 2.24) is 0 Å². The maximum atomic E-state index is 5.38. The van der Waals surface area contributed by atoms with Gasteiger partial charge >= 0.3 is 0 Å². The van der Waals surface area contributed by atoms with Gasteiger partial charge in [-0.15, -0.1) is 0 Å². The van der Waals surface area contributed by atoms with Crippen LogP contribution in [-0.4, -0.2) is 12.2 Å². The lowest BCUT2D eigenvalue weighted by atomic mass is 9.72. The van der Waals surface area contributed by atoms with Crippen LogP contribution in [-0.2, 0) is 4.74 Å². The van der Waals surface area contributed by atoms with E-state index in [1.807, 2.05) is 0 Å². The van der Waals surface area contributed by atoms with Crippen LogP contribution in [0.1, 0.15) is 47.0 Å². The summed E-state index contributed by atoms with van der Waals surface area (Å²) in [5.41, 5.74) is 3.49. The zero-order valence-electron chi connectivity index (χ0n) is 10.4. The van der Waals surface area contributed by atoms with Gasteiger partial charge in [-0.25, -0.2) is 0 Å². The minimum Gasteiger partial charge on any atom is -0.365 e. The third-order valence-electron chi connectivity index (χ3n) is 3.74. The topological polar surface area (TPSA) is 12.5 Å². The summed E-state index contributed by atoms with van der Waals surface area (Å²) in [7, 11) is 0. The maximum Gasteiger partial charge on any atom is 0.107 e. The summed E-state index contributed by atoms with van der Waals surface area (Å²) in [6, 6.07) is 0. The fourth-order valence-corrected chi connectivity index (χ4v) is 2.48. The van der Waals surface area contributed by atoms with Crippen LogP contribution in [0.2, 0.25) is 0 Å². The summed E-state index contributed by atoms with van der Waals surface area (Å²) in [4.78, 5) is 0. The molecular weight excluding hydrogens is 184 g/mol. The van der Waals surface area contributed by atoms with E-state index < -0.39 is 0 Å². The van der Waals surface area contributed by atoms with Crippen molar-refractivity contribution in [3.8, 4) is 0 Å². The van der Waals surface area contributed by atoms with Gasteiger partial charge in [0.15, 0.2) is 0 Å². The maximum absolute atomic E-state index is 5.38. The van der Waals surface area contributed by atoms with Crippen LogP contribution >= 0.6 is 0 Å². The molecule has 1 aliphatic carbocycles. The number of hydrogen-bond donors (Lipinski definition) is 0. The SMILES string of the molecule is CC1=C(/C=C/C2(C)CO2)C(C)(C)CCC1. The van der Waals surface area contributed by atoms with E-state index in [0.29, 0.717) is 5.41 Å². The van der Waals surface area contributed by atoms with E-state index >= 15 is 0 Å². The Morgan fingerprint density at radius 2 is 1.93 bits per heavy atom. The second-order valence-electron chi connectivity index (χ2n) is 5.87. The van der Waals surface area contributed by atoms with Gasteiger partial charge in [-0.05, 0) is 44.1 Å². The first kappa shape index (κ1) is 10.9. The second kappa shape index (κ2) is 3.48. The minimum atomic E-state index is 0.0425. The van der Waals surface area contributed by atoms with Gasteiger partial charge in [0.1, 0.15) is 5.60 Å². The summed E-state index contributed by atoms with van der Waals surface area (Å²) in [5, 5.41) is 0. The van der Waals surface area contributed by atoms with Crippen molar-refractivity contribution in [3.05, 3.63) is 23.3 Å². The van der Waals surface area contributed by atoms with Crippen molar-refractivity contribution in [3.63, 3.8) is 0 Å². The Bertz CT molecular complexity index is 316. The summed E-state index contributed by atoms with van der Waals surface area (Å²) < 4.78 is 5.38. The van der Waals surface area contributed by atoms with E-state index in [-0.39, 0.29) is 5.60 Å². The van der Waals surface area contributed by atoms with E-state index in [1.54, 1.807) is 5.57 Å². The molecule has 1 heteroatoms. The lowest BCUT2D eigenvalue weighted by Gasteiger charge is -2.33. The molecule has 1 saturated heterocycles. The molecule has 15 heavy (non-hydrogen) atoms. The van der Waals surface area contributed by atoms with E-state index in [1.165, 1.54) is 24.8 Å². The predicted molar refractivity (Wildman–Crippen MR) is 63.8 cm³/mol. The van der Waals surface area contributed by atoms with E-state index in [0.717, 1.165) is 6.61 Å². The third-order valence-corrected chi connectivity index (χ3v) is 3.74. The number of ether oxygens (including phenoxy) is 1. The normalized spacial score (nSPS) is 34.9. The van der Waals surface area contributed by atoms with Gasteiger partial charge in [-0.2, -0.15) is 0 Å². The Labute approximate surface area is 93.2 Å². The Balaban J connectivity index is 2.20.